The first-order chi connectivity index (χ1) is 11.7. The summed E-state index contributed by atoms with van der Waals surface area (Å²) >= 11 is 0. The average molecular weight is 347 g/mol. The van der Waals surface area contributed by atoms with Crippen molar-refractivity contribution in [2.24, 2.45) is 35.0 Å². The lowest BCUT2D eigenvalue weighted by Crippen LogP contribution is -2.64. The second-order valence-electron chi connectivity index (χ2n) is 10.2. The van der Waals surface area contributed by atoms with Crippen molar-refractivity contribution < 1.29 is 9.53 Å². The molecule has 4 rings (SSSR count). The Morgan fingerprint density at radius 2 is 1.76 bits per heavy atom. The molecule has 0 saturated heterocycles. The van der Waals surface area contributed by atoms with E-state index in [9.17, 15) is 4.79 Å². The first kappa shape index (κ1) is 19.0. The van der Waals surface area contributed by atoms with Crippen molar-refractivity contribution in [3.05, 3.63) is 12.2 Å². The minimum atomic E-state index is -0.236. The molecule has 0 aromatic carbocycles. The summed E-state index contributed by atoms with van der Waals surface area (Å²) in [6.45, 7) is 15.1. The quantitative estimate of drug-likeness (QED) is 0.408. The van der Waals surface area contributed by atoms with Crippen LogP contribution in [-0.2, 0) is 9.53 Å². The molecule has 2 heteroatoms. The molecule has 4 bridgehead atoms. The van der Waals surface area contributed by atoms with Gasteiger partial charge in [0.2, 0.25) is 0 Å². The Morgan fingerprint density at radius 3 is 2.24 bits per heavy atom. The lowest BCUT2D eigenvalue weighted by atomic mass is 9.43. The smallest absolute Gasteiger partial charge is 0.333 e. The summed E-state index contributed by atoms with van der Waals surface area (Å²) in [5, 5.41) is 0. The summed E-state index contributed by atoms with van der Waals surface area (Å²) in [7, 11) is 0. The van der Waals surface area contributed by atoms with Crippen molar-refractivity contribution in [3.63, 3.8) is 0 Å². The van der Waals surface area contributed by atoms with E-state index in [-0.39, 0.29) is 11.6 Å². The Balaban J connectivity index is 1.88. The third kappa shape index (κ3) is 3.30. The largest absolute Gasteiger partial charge is 0.455 e. The summed E-state index contributed by atoms with van der Waals surface area (Å²) in [6.07, 6.45) is 10.1. The second-order valence-corrected chi connectivity index (χ2v) is 10.2. The minimum absolute atomic E-state index is 0.159. The molecule has 4 fully saturated rings. The Bertz CT molecular complexity index is 518. The highest BCUT2D eigenvalue weighted by molar-refractivity contribution is 5.87. The van der Waals surface area contributed by atoms with Crippen LogP contribution in [0.4, 0.5) is 0 Å². The van der Waals surface area contributed by atoms with E-state index in [4.69, 9.17) is 4.74 Å². The lowest BCUT2D eigenvalue weighted by molar-refractivity contribution is -0.238. The molecule has 4 atom stereocenters. The van der Waals surface area contributed by atoms with Crippen LogP contribution in [0.1, 0.15) is 86.0 Å². The maximum Gasteiger partial charge on any atom is 0.333 e. The van der Waals surface area contributed by atoms with Crippen LogP contribution in [0, 0.1) is 35.0 Å². The van der Waals surface area contributed by atoms with E-state index in [0.29, 0.717) is 28.7 Å². The number of esters is 1. The van der Waals surface area contributed by atoms with E-state index < -0.39 is 0 Å². The van der Waals surface area contributed by atoms with E-state index in [1.165, 1.54) is 51.4 Å². The molecule has 142 valence electrons. The van der Waals surface area contributed by atoms with Gasteiger partial charge in [-0.25, -0.2) is 4.79 Å². The van der Waals surface area contributed by atoms with E-state index in [0.717, 1.165) is 11.8 Å². The zero-order chi connectivity index (χ0) is 18.4. The third-order valence-electron chi connectivity index (χ3n) is 7.95. The first-order valence-electron chi connectivity index (χ1n) is 10.6. The molecule has 0 N–H and O–H groups in total. The van der Waals surface area contributed by atoms with Gasteiger partial charge < -0.3 is 4.74 Å². The molecule has 0 aromatic heterocycles. The SMILES string of the molecule is C=C(C)C(=O)OC1(C(C)CCC(C)CC)C2CC3CC1CC(C)(C3)C2. The topological polar surface area (TPSA) is 26.3 Å². The van der Waals surface area contributed by atoms with Gasteiger partial charge in [0.25, 0.3) is 0 Å². The molecule has 0 aliphatic heterocycles. The normalized spacial score (nSPS) is 41.4. The Kier molecular flexibility index (Phi) is 5.12. The van der Waals surface area contributed by atoms with Crippen LogP contribution >= 0.6 is 0 Å². The Labute approximate surface area is 154 Å². The van der Waals surface area contributed by atoms with Gasteiger partial charge in [0.05, 0.1) is 0 Å². The standard InChI is InChI=1S/C23H38O2/c1-7-16(4)8-9-17(5)23(25-21(24)15(2)3)19-10-18-11-20(23)14-22(6,12-18)13-19/h16-20H,2,7-14H2,1,3-6H3. The summed E-state index contributed by atoms with van der Waals surface area (Å²) in [5.41, 5.74) is 0.805. The number of hydrogen-bond donors (Lipinski definition) is 0. The summed E-state index contributed by atoms with van der Waals surface area (Å²) in [6, 6.07) is 0. The fraction of sp³-hybridized carbons (Fsp3) is 0.870. The van der Waals surface area contributed by atoms with Gasteiger partial charge in [-0.15, -0.1) is 0 Å². The monoisotopic (exact) mass is 346 g/mol. The van der Waals surface area contributed by atoms with Crippen LogP contribution in [-0.4, -0.2) is 11.6 Å². The molecule has 0 heterocycles. The van der Waals surface area contributed by atoms with Crippen LogP contribution in [0.25, 0.3) is 0 Å². The summed E-state index contributed by atoms with van der Waals surface area (Å²) < 4.78 is 6.41. The molecule has 0 aromatic rings. The second kappa shape index (κ2) is 6.74. The number of carbonyl (C=O) groups is 1. The van der Waals surface area contributed by atoms with Crippen LogP contribution in [0.3, 0.4) is 0 Å². The fourth-order valence-electron chi connectivity index (χ4n) is 6.68. The molecule has 25 heavy (non-hydrogen) atoms. The summed E-state index contributed by atoms with van der Waals surface area (Å²) in [5.74, 6) is 3.01. The zero-order valence-corrected chi connectivity index (χ0v) is 17.1. The highest BCUT2D eigenvalue weighted by Gasteiger charge is 2.64. The van der Waals surface area contributed by atoms with E-state index in [2.05, 4.69) is 34.3 Å². The summed E-state index contributed by atoms with van der Waals surface area (Å²) in [4.78, 5) is 12.6. The van der Waals surface area contributed by atoms with Gasteiger partial charge in [0, 0.05) is 17.4 Å². The molecule has 0 amide bonds. The number of carbonyl (C=O) groups excluding carboxylic acids is 1. The molecule has 4 aliphatic carbocycles. The van der Waals surface area contributed by atoms with Gasteiger partial charge in [0.1, 0.15) is 5.60 Å². The van der Waals surface area contributed by atoms with Crippen molar-refractivity contribution in [1.29, 1.82) is 0 Å². The molecule has 0 radical (unpaired) electrons. The van der Waals surface area contributed by atoms with Crippen molar-refractivity contribution >= 4 is 5.97 Å². The Hall–Kier alpha value is -0.790. The molecule has 4 aliphatic rings. The number of rotatable bonds is 7. The fourth-order valence-corrected chi connectivity index (χ4v) is 6.68. The Morgan fingerprint density at radius 1 is 1.16 bits per heavy atom. The molecule has 4 unspecified atom stereocenters. The first-order valence-corrected chi connectivity index (χ1v) is 10.6. The lowest BCUT2D eigenvalue weighted by Gasteiger charge is -2.65. The van der Waals surface area contributed by atoms with Gasteiger partial charge in [-0.1, -0.05) is 47.1 Å². The minimum Gasteiger partial charge on any atom is -0.455 e. The van der Waals surface area contributed by atoms with Gasteiger partial charge >= 0.3 is 5.97 Å². The molecule has 2 nitrogen and oxygen atoms in total. The predicted octanol–water partition coefficient (Wildman–Crippen LogP) is 6.15. The van der Waals surface area contributed by atoms with Gasteiger partial charge in [-0.2, -0.15) is 0 Å². The maximum absolute atomic E-state index is 12.6. The maximum atomic E-state index is 12.6. The average Bonchev–Trinajstić information content (AvgIpc) is 2.53. The van der Waals surface area contributed by atoms with Crippen molar-refractivity contribution in [3.8, 4) is 0 Å². The highest BCUT2D eigenvalue weighted by atomic mass is 16.6. The molecule has 0 spiro atoms. The van der Waals surface area contributed by atoms with Crippen LogP contribution in [0.5, 0.6) is 0 Å². The molecular weight excluding hydrogens is 308 g/mol. The van der Waals surface area contributed by atoms with E-state index >= 15 is 0 Å². The number of ether oxygens (including phenoxy) is 1. The highest BCUT2D eigenvalue weighted by Crippen LogP contribution is 2.66. The third-order valence-corrected chi connectivity index (χ3v) is 7.95. The predicted molar refractivity (Wildman–Crippen MR) is 103 cm³/mol. The van der Waals surface area contributed by atoms with Crippen molar-refractivity contribution in [2.75, 3.05) is 0 Å². The van der Waals surface area contributed by atoms with Gasteiger partial charge in [0.15, 0.2) is 0 Å². The molecule has 4 saturated carbocycles. The van der Waals surface area contributed by atoms with Gasteiger partial charge in [-0.05, 0) is 68.6 Å². The van der Waals surface area contributed by atoms with Crippen LogP contribution in [0.2, 0.25) is 0 Å². The zero-order valence-electron chi connectivity index (χ0n) is 17.1. The van der Waals surface area contributed by atoms with E-state index in [1.54, 1.807) is 6.92 Å². The van der Waals surface area contributed by atoms with Crippen molar-refractivity contribution in [2.45, 2.75) is 91.6 Å². The van der Waals surface area contributed by atoms with Gasteiger partial charge in [-0.3, -0.25) is 0 Å². The van der Waals surface area contributed by atoms with E-state index in [1.807, 2.05) is 0 Å². The van der Waals surface area contributed by atoms with Crippen molar-refractivity contribution in [1.82, 2.24) is 0 Å². The molecular formula is C23H38O2. The number of hydrogen-bond acceptors (Lipinski definition) is 2. The van der Waals surface area contributed by atoms with Crippen LogP contribution in [0.15, 0.2) is 12.2 Å². The van der Waals surface area contributed by atoms with Crippen LogP contribution < -0.4 is 0 Å².